The molecule has 3 rings (SSSR count). The summed E-state index contributed by atoms with van der Waals surface area (Å²) >= 11 is 0. The zero-order valence-electron chi connectivity index (χ0n) is 11.2. The summed E-state index contributed by atoms with van der Waals surface area (Å²) in [6.07, 6.45) is 0.833. The Morgan fingerprint density at radius 2 is 2.16 bits per heavy atom. The summed E-state index contributed by atoms with van der Waals surface area (Å²) in [5, 5.41) is 3.90. The highest BCUT2D eigenvalue weighted by molar-refractivity contribution is 5.77. The zero-order chi connectivity index (χ0) is 13.2. The second kappa shape index (κ2) is 5.30. The molecule has 0 bridgehead atoms. The van der Waals surface area contributed by atoms with E-state index in [1.165, 1.54) is 0 Å². The summed E-state index contributed by atoms with van der Waals surface area (Å²) in [5.74, 6) is 0.852. The number of esters is 1. The van der Waals surface area contributed by atoms with E-state index in [-0.39, 0.29) is 12.0 Å². The Morgan fingerprint density at radius 1 is 1.37 bits per heavy atom. The monoisotopic (exact) mass is 265 g/mol. The van der Waals surface area contributed by atoms with Crippen LogP contribution in [-0.4, -0.2) is 59.8 Å². The third-order valence-electron chi connectivity index (χ3n) is 3.81. The van der Waals surface area contributed by atoms with Crippen LogP contribution in [0.5, 0.6) is 0 Å². The molecule has 6 nitrogen and oxygen atoms in total. The average Bonchev–Trinajstić information content (AvgIpc) is 3.00. The van der Waals surface area contributed by atoms with Gasteiger partial charge in [0.1, 0.15) is 6.04 Å². The first-order valence-corrected chi connectivity index (χ1v) is 6.77. The lowest BCUT2D eigenvalue weighted by molar-refractivity contribution is -0.142. The van der Waals surface area contributed by atoms with Gasteiger partial charge in [-0.1, -0.05) is 5.16 Å². The number of cyclic esters (lactones) is 1. The van der Waals surface area contributed by atoms with Gasteiger partial charge in [0.15, 0.2) is 5.76 Å². The summed E-state index contributed by atoms with van der Waals surface area (Å²) in [4.78, 5) is 16.1. The minimum absolute atomic E-state index is 0.0188. The van der Waals surface area contributed by atoms with Gasteiger partial charge in [0.2, 0.25) is 0 Å². The highest BCUT2D eigenvalue weighted by Gasteiger charge is 2.34. The second-order valence-electron chi connectivity index (χ2n) is 5.22. The predicted octanol–water partition coefficient (Wildman–Crippen LogP) is 0.416. The van der Waals surface area contributed by atoms with E-state index < -0.39 is 0 Å². The van der Waals surface area contributed by atoms with Gasteiger partial charge in [0, 0.05) is 38.7 Å². The smallest absolute Gasteiger partial charge is 0.323 e. The number of aryl methyl sites for hydroxylation is 1. The Hall–Kier alpha value is -1.40. The molecular formula is C13H19N3O3. The van der Waals surface area contributed by atoms with E-state index in [0.29, 0.717) is 6.61 Å². The van der Waals surface area contributed by atoms with Crippen molar-refractivity contribution in [1.29, 1.82) is 0 Å². The number of ether oxygens (including phenoxy) is 1. The van der Waals surface area contributed by atoms with E-state index in [0.717, 1.165) is 50.6 Å². The maximum Gasteiger partial charge on any atom is 0.323 e. The summed E-state index contributed by atoms with van der Waals surface area (Å²) in [5.41, 5.74) is 0.919. The number of aromatic nitrogens is 1. The minimum atomic E-state index is -0.0562. The van der Waals surface area contributed by atoms with Crippen LogP contribution in [0.1, 0.15) is 17.9 Å². The van der Waals surface area contributed by atoms with Crippen molar-refractivity contribution in [2.24, 2.45) is 0 Å². The van der Waals surface area contributed by atoms with Gasteiger partial charge in [-0.2, -0.15) is 0 Å². The zero-order valence-corrected chi connectivity index (χ0v) is 11.2. The van der Waals surface area contributed by atoms with Gasteiger partial charge in [0.05, 0.1) is 18.8 Å². The molecule has 2 aliphatic heterocycles. The van der Waals surface area contributed by atoms with E-state index in [1.54, 1.807) is 0 Å². The lowest BCUT2D eigenvalue weighted by atomic mass is 10.2. The molecule has 0 spiro atoms. The fraction of sp³-hybridized carbons (Fsp3) is 0.692. The quantitative estimate of drug-likeness (QED) is 0.738. The van der Waals surface area contributed by atoms with Crippen molar-refractivity contribution in [2.75, 3.05) is 32.8 Å². The molecule has 0 aliphatic carbocycles. The lowest BCUT2D eigenvalue weighted by Gasteiger charge is -2.36. The van der Waals surface area contributed by atoms with Gasteiger partial charge in [-0.05, 0) is 6.92 Å². The van der Waals surface area contributed by atoms with Crippen LogP contribution in [0, 0.1) is 6.92 Å². The molecule has 6 heteroatoms. The van der Waals surface area contributed by atoms with Crippen LogP contribution in [0.25, 0.3) is 0 Å². The molecule has 104 valence electrons. The van der Waals surface area contributed by atoms with Crippen molar-refractivity contribution in [2.45, 2.75) is 25.9 Å². The Bertz CT molecular complexity index is 452. The molecule has 1 aromatic rings. The average molecular weight is 265 g/mol. The number of hydrogen-bond donors (Lipinski definition) is 0. The van der Waals surface area contributed by atoms with E-state index in [4.69, 9.17) is 9.26 Å². The molecule has 19 heavy (non-hydrogen) atoms. The van der Waals surface area contributed by atoms with Gasteiger partial charge >= 0.3 is 5.97 Å². The van der Waals surface area contributed by atoms with Gasteiger partial charge in [-0.15, -0.1) is 0 Å². The molecule has 3 heterocycles. The van der Waals surface area contributed by atoms with Crippen molar-refractivity contribution in [3.05, 3.63) is 17.5 Å². The van der Waals surface area contributed by atoms with Crippen molar-refractivity contribution < 1.29 is 14.1 Å². The standard InChI is InChI=1S/C13H19N3O3/c1-10-8-11(19-14-10)9-15-3-5-16(6-4-15)12-2-7-18-13(12)17/h8,12H,2-7,9H2,1H3. The van der Waals surface area contributed by atoms with E-state index in [2.05, 4.69) is 15.0 Å². The first-order chi connectivity index (χ1) is 9.22. The second-order valence-corrected chi connectivity index (χ2v) is 5.22. The van der Waals surface area contributed by atoms with Crippen molar-refractivity contribution in [3.63, 3.8) is 0 Å². The Labute approximate surface area is 112 Å². The Balaban J connectivity index is 1.50. The maximum absolute atomic E-state index is 11.5. The van der Waals surface area contributed by atoms with Gasteiger partial charge in [0.25, 0.3) is 0 Å². The van der Waals surface area contributed by atoms with E-state index in [1.807, 2.05) is 13.0 Å². The van der Waals surface area contributed by atoms with Crippen LogP contribution in [0.15, 0.2) is 10.6 Å². The fourth-order valence-electron chi connectivity index (χ4n) is 2.76. The molecule has 0 N–H and O–H groups in total. The molecule has 2 fully saturated rings. The Kier molecular flexibility index (Phi) is 3.52. The first-order valence-electron chi connectivity index (χ1n) is 6.77. The number of hydrogen-bond acceptors (Lipinski definition) is 6. The van der Waals surface area contributed by atoms with Gasteiger partial charge in [-0.3, -0.25) is 14.6 Å². The predicted molar refractivity (Wildman–Crippen MR) is 67.5 cm³/mol. The number of carbonyl (C=O) groups is 1. The van der Waals surface area contributed by atoms with Crippen LogP contribution in [-0.2, 0) is 16.1 Å². The molecule has 0 saturated carbocycles. The summed E-state index contributed by atoms with van der Waals surface area (Å²) in [6, 6.07) is 1.95. The van der Waals surface area contributed by atoms with Crippen LogP contribution in [0.4, 0.5) is 0 Å². The highest BCUT2D eigenvalue weighted by atomic mass is 16.5. The van der Waals surface area contributed by atoms with Gasteiger partial charge < -0.3 is 9.26 Å². The van der Waals surface area contributed by atoms with Crippen molar-refractivity contribution in [3.8, 4) is 0 Å². The topological polar surface area (TPSA) is 58.8 Å². The highest BCUT2D eigenvalue weighted by Crippen LogP contribution is 2.17. The van der Waals surface area contributed by atoms with E-state index in [9.17, 15) is 4.79 Å². The molecule has 1 aromatic heterocycles. The molecule has 2 aliphatic rings. The number of nitrogens with zero attached hydrogens (tertiary/aromatic N) is 3. The molecule has 2 saturated heterocycles. The van der Waals surface area contributed by atoms with Gasteiger partial charge in [-0.25, -0.2) is 0 Å². The van der Waals surface area contributed by atoms with Crippen LogP contribution < -0.4 is 0 Å². The molecule has 0 radical (unpaired) electrons. The summed E-state index contributed by atoms with van der Waals surface area (Å²) in [7, 11) is 0. The minimum Gasteiger partial charge on any atom is -0.464 e. The molecule has 0 amide bonds. The third kappa shape index (κ3) is 2.79. The normalized spacial score (nSPS) is 25.7. The maximum atomic E-state index is 11.5. The fourth-order valence-corrected chi connectivity index (χ4v) is 2.76. The van der Waals surface area contributed by atoms with E-state index >= 15 is 0 Å². The molecule has 1 unspecified atom stereocenters. The molecule has 0 aromatic carbocycles. The summed E-state index contributed by atoms with van der Waals surface area (Å²) in [6.45, 7) is 7.01. The van der Waals surface area contributed by atoms with Crippen molar-refractivity contribution >= 4 is 5.97 Å². The number of rotatable bonds is 3. The first kappa shape index (κ1) is 12.6. The SMILES string of the molecule is Cc1cc(CN2CCN(C3CCOC3=O)CC2)on1. The van der Waals surface area contributed by atoms with Crippen molar-refractivity contribution in [1.82, 2.24) is 15.0 Å². The molecular weight excluding hydrogens is 246 g/mol. The number of carbonyl (C=O) groups excluding carboxylic acids is 1. The van der Waals surface area contributed by atoms with Crippen LogP contribution in [0.3, 0.4) is 0 Å². The summed E-state index contributed by atoms with van der Waals surface area (Å²) < 4.78 is 10.3. The van der Waals surface area contributed by atoms with Crippen LogP contribution >= 0.6 is 0 Å². The Morgan fingerprint density at radius 3 is 2.74 bits per heavy atom. The molecule has 1 atom stereocenters. The number of piperazine rings is 1. The van der Waals surface area contributed by atoms with Crippen LogP contribution in [0.2, 0.25) is 0 Å². The largest absolute Gasteiger partial charge is 0.464 e. The third-order valence-corrected chi connectivity index (χ3v) is 3.81. The lowest BCUT2D eigenvalue weighted by Crippen LogP contribution is -2.51.